The molecule has 2 aromatic carbocycles. The van der Waals surface area contributed by atoms with Gasteiger partial charge in [-0.15, -0.1) is 0 Å². The van der Waals surface area contributed by atoms with Crippen LogP contribution in [0.1, 0.15) is 5.76 Å². The fourth-order valence-corrected chi connectivity index (χ4v) is 2.32. The number of hydrogen-bond acceptors (Lipinski definition) is 4. The van der Waals surface area contributed by atoms with Crippen LogP contribution in [-0.2, 0) is 4.79 Å². The average molecular weight is 399 g/mol. The summed E-state index contributed by atoms with van der Waals surface area (Å²) >= 11 is 3.40. The van der Waals surface area contributed by atoms with Crippen molar-refractivity contribution >= 4 is 28.1 Å². The van der Waals surface area contributed by atoms with Crippen molar-refractivity contribution in [1.29, 1.82) is 0 Å². The summed E-state index contributed by atoms with van der Waals surface area (Å²) in [7, 11) is 0. The van der Waals surface area contributed by atoms with Crippen molar-refractivity contribution in [2.24, 2.45) is 5.10 Å². The molecule has 0 atom stereocenters. The van der Waals surface area contributed by atoms with Crippen molar-refractivity contribution in [3.63, 3.8) is 0 Å². The molecule has 0 saturated heterocycles. The summed E-state index contributed by atoms with van der Waals surface area (Å²) in [6.07, 6.45) is 1.45. The Hall–Kier alpha value is -2.86. The third kappa shape index (κ3) is 5.06. The molecule has 0 bridgehead atoms. The smallest absolute Gasteiger partial charge is 0.277 e. The van der Waals surface area contributed by atoms with Crippen LogP contribution in [0.2, 0.25) is 0 Å². The number of amides is 1. The van der Waals surface area contributed by atoms with Gasteiger partial charge in [0.1, 0.15) is 17.3 Å². The minimum Gasteiger partial charge on any atom is -0.484 e. The number of ether oxygens (including phenoxy) is 1. The predicted octanol–water partition coefficient (Wildman–Crippen LogP) is 4.24. The van der Waals surface area contributed by atoms with Gasteiger partial charge in [0.05, 0.1) is 6.21 Å². The van der Waals surface area contributed by atoms with Gasteiger partial charge >= 0.3 is 0 Å². The molecule has 0 fully saturated rings. The first-order valence-corrected chi connectivity index (χ1v) is 8.35. The monoisotopic (exact) mass is 398 g/mol. The second kappa shape index (κ2) is 8.30. The molecule has 0 radical (unpaired) electrons. The number of para-hydroxylation sites is 1. The Morgan fingerprint density at radius 3 is 2.60 bits per heavy atom. The third-order valence-corrected chi connectivity index (χ3v) is 3.78. The van der Waals surface area contributed by atoms with Gasteiger partial charge in [-0.1, -0.05) is 46.3 Å². The Balaban J connectivity index is 1.50. The maximum atomic E-state index is 11.7. The summed E-state index contributed by atoms with van der Waals surface area (Å²) in [4.78, 5) is 11.7. The molecule has 3 rings (SSSR count). The second-order valence-electron chi connectivity index (χ2n) is 5.10. The van der Waals surface area contributed by atoms with E-state index in [1.165, 1.54) is 6.21 Å². The van der Waals surface area contributed by atoms with E-state index in [1.807, 2.05) is 48.5 Å². The van der Waals surface area contributed by atoms with Crippen LogP contribution in [0.5, 0.6) is 5.75 Å². The summed E-state index contributed by atoms with van der Waals surface area (Å²) in [6.45, 7) is -0.107. The van der Waals surface area contributed by atoms with Crippen molar-refractivity contribution in [2.45, 2.75) is 0 Å². The molecule has 126 valence electrons. The molecule has 3 aromatic rings. The second-order valence-corrected chi connectivity index (χ2v) is 6.02. The van der Waals surface area contributed by atoms with Gasteiger partial charge in [-0.2, -0.15) is 5.10 Å². The van der Waals surface area contributed by atoms with Crippen molar-refractivity contribution < 1.29 is 13.9 Å². The number of furan rings is 1. The van der Waals surface area contributed by atoms with Gasteiger partial charge in [0, 0.05) is 10.0 Å². The highest BCUT2D eigenvalue weighted by molar-refractivity contribution is 9.10. The number of carbonyl (C=O) groups is 1. The molecule has 5 nitrogen and oxygen atoms in total. The van der Waals surface area contributed by atoms with Crippen LogP contribution >= 0.6 is 15.9 Å². The number of carbonyl (C=O) groups excluding carboxylic acids is 1. The van der Waals surface area contributed by atoms with Gasteiger partial charge in [0.2, 0.25) is 0 Å². The SMILES string of the molecule is O=C(COc1ccccc1)N/N=C\c1ccc(-c2ccc(Br)cc2)o1. The lowest BCUT2D eigenvalue weighted by Gasteiger charge is -2.03. The first-order chi connectivity index (χ1) is 12.2. The van der Waals surface area contributed by atoms with E-state index in [0.717, 1.165) is 15.8 Å². The molecule has 0 saturated carbocycles. The lowest BCUT2D eigenvalue weighted by molar-refractivity contribution is -0.123. The fourth-order valence-electron chi connectivity index (χ4n) is 2.06. The Bertz CT molecular complexity index is 858. The molecular weight excluding hydrogens is 384 g/mol. The molecule has 0 spiro atoms. The zero-order valence-corrected chi connectivity index (χ0v) is 14.8. The molecule has 6 heteroatoms. The lowest BCUT2D eigenvalue weighted by atomic mass is 10.2. The average Bonchev–Trinajstić information content (AvgIpc) is 3.10. The van der Waals surface area contributed by atoms with Gasteiger partial charge < -0.3 is 9.15 Å². The van der Waals surface area contributed by atoms with Gasteiger partial charge in [0.25, 0.3) is 5.91 Å². The van der Waals surface area contributed by atoms with Crippen molar-refractivity contribution in [3.05, 3.63) is 77.0 Å². The maximum Gasteiger partial charge on any atom is 0.277 e. The Morgan fingerprint density at radius 2 is 1.84 bits per heavy atom. The van der Waals surface area contributed by atoms with Crippen LogP contribution in [0, 0.1) is 0 Å². The zero-order valence-electron chi connectivity index (χ0n) is 13.2. The minimum absolute atomic E-state index is 0.107. The van der Waals surface area contributed by atoms with Gasteiger partial charge in [-0.05, 0) is 36.4 Å². The molecule has 1 amide bonds. The molecule has 0 aliphatic rings. The Kier molecular flexibility index (Phi) is 5.64. The molecule has 25 heavy (non-hydrogen) atoms. The van der Waals surface area contributed by atoms with E-state index in [4.69, 9.17) is 9.15 Å². The Morgan fingerprint density at radius 1 is 1.08 bits per heavy atom. The number of hydrogen-bond donors (Lipinski definition) is 1. The van der Waals surface area contributed by atoms with Crippen LogP contribution < -0.4 is 10.2 Å². The predicted molar refractivity (Wildman–Crippen MR) is 99.5 cm³/mol. The molecule has 0 aliphatic carbocycles. The van der Waals surface area contributed by atoms with Gasteiger partial charge in [0.15, 0.2) is 6.61 Å². The Labute approximate surface area is 153 Å². The van der Waals surface area contributed by atoms with Crippen LogP contribution in [0.3, 0.4) is 0 Å². The molecule has 0 unspecified atom stereocenters. The standard InChI is InChI=1S/C19H15BrN2O3/c20-15-8-6-14(7-9-15)18-11-10-17(25-18)12-21-22-19(23)13-24-16-4-2-1-3-5-16/h1-12H,13H2,(H,22,23)/b21-12-. The summed E-state index contributed by atoms with van der Waals surface area (Å²) in [5.74, 6) is 1.56. The first kappa shape index (κ1) is 17.0. The van der Waals surface area contributed by atoms with Crippen LogP contribution in [0.25, 0.3) is 11.3 Å². The van der Waals surface area contributed by atoms with Gasteiger partial charge in [-0.3, -0.25) is 4.79 Å². The molecule has 1 aromatic heterocycles. The largest absolute Gasteiger partial charge is 0.484 e. The molecule has 1 N–H and O–H groups in total. The van der Waals surface area contributed by atoms with Crippen LogP contribution in [0.4, 0.5) is 0 Å². The van der Waals surface area contributed by atoms with E-state index in [-0.39, 0.29) is 12.5 Å². The zero-order chi connectivity index (χ0) is 17.5. The summed E-state index contributed by atoms with van der Waals surface area (Å²) in [5.41, 5.74) is 3.36. The number of nitrogens with one attached hydrogen (secondary N) is 1. The van der Waals surface area contributed by atoms with E-state index < -0.39 is 0 Å². The number of hydrazone groups is 1. The van der Waals surface area contributed by atoms with E-state index in [1.54, 1.807) is 18.2 Å². The third-order valence-electron chi connectivity index (χ3n) is 3.25. The molecular formula is C19H15BrN2O3. The van der Waals surface area contributed by atoms with E-state index >= 15 is 0 Å². The summed E-state index contributed by atoms with van der Waals surface area (Å²) < 4.78 is 12.0. The van der Waals surface area contributed by atoms with Crippen LogP contribution in [0.15, 0.2) is 80.7 Å². The van der Waals surface area contributed by atoms with E-state index in [9.17, 15) is 4.79 Å². The number of benzene rings is 2. The van der Waals surface area contributed by atoms with Crippen LogP contribution in [-0.4, -0.2) is 18.7 Å². The highest BCUT2D eigenvalue weighted by Crippen LogP contribution is 2.23. The number of rotatable bonds is 6. The molecule has 0 aliphatic heterocycles. The summed E-state index contributed by atoms with van der Waals surface area (Å²) in [5, 5.41) is 3.87. The summed E-state index contributed by atoms with van der Waals surface area (Å²) in [6, 6.07) is 20.5. The van der Waals surface area contributed by atoms with Gasteiger partial charge in [-0.25, -0.2) is 5.43 Å². The first-order valence-electron chi connectivity index (χ1n) is 7.56. The topological polar surface area (TPSA) is 63.8 Å². The van der Waals surface area contributed by atoms with Crippen molar-refractivity contribution in [2.75, 3.05) is 6.61 Å². The number of halogens is 1. The quantitative estimate of drug-likeness (QED) is 0.498. The number of nitrogens with zero attached hydrogens (tertiary/aromatic N) is 1. The fraction of sp³-hybridized carbons (Fsp3) is 0.0526. The molecule has 1 heterocycles. The maximum absolute atomic E-state index is 11.7. The highest BCUT2D eigenvalue weighted by atomic mass is 79.9. The van der Waals surface area contributed by atoms with E-state index in [2.05, 4.69) is 26.5 Å². The highest BCUT2D eigenvalue weighted by Gasteiger charge is 2.04. The van der Waals surface area contributed by atoms with Crippen molar-refractivity contribution in [1.82, 2.24) is 5.43 Å². The normalized spacial score (nSPS) is 10.8. The lowest BCUT2D eigenvalue weighted by Crippen LogP contribution is -2.24. The van der Waals surface area contributed by atoms with E-state index in [0.29, 0.717) is 11.5 Å². The van der Waals surface area contributed by atoms with Crippen molar-refractivity contribution in [3.8, 4) is 17.1 Å². The minimum atomic E-state index is -0.347.